The fourth-order valence-corrected chi connectivity index (χ4v) is 0.984. The molecule has 0 bridgehead atoms. The van der Waals surface area contributed by atoms with Crippen LogP contribution in [0.5, 0.6) is 5.88 Å². The lowest BCUT2D eigenvalue weighted by molar-refractivity contribution is -0.386. The second kappa shape index (κ2) is 4.03. The Morgan fingerprint density at radius 1 is 1.60 bits per heavy atom. The SMILES string of the molecule is COc1[nH]c(=O)c([N+](=O)[O-])cc1C(F)F. The normalized spacial score (nSPS) is 10.4. The van der Waals surface area contributed by atoms with Crippen LogP contribution in [0, 0.1) is 10.1 Å². The Balaban J connectivity index is 3.44. The number of hydrogen-bond acceptors (Lipinski definition) is 4. The summed E-state index contributed by atoms with van der Waals surface area (Å²) in [5.41, 5.74) is -2.74. The van der Waals surface area contributed by atoms with Crippen LogP contribution in [0.25, 0.3) is 0 Å². The molecule has 1 heterocycles. The van der Waals surface area contributed by atoms with Gasteiger partial charge < -0.3 is 4.74 Å². The monoisotopic (exact) mass is 220 g/mol. The number of hydrogen-bond donors (Lipinski definition) is 1. The molecular weight excluding hydrogens is 214 g/mol. The summed E-state index contributed by atoms with van der Waals surface area (Å²) >= 11 is 0. The Labute approximate surface area is 81.6 Å². The van der Waals surface area contributed by atoms with Gasteiger partial charge in [0.15, 0.2) is 0 Å². The maximum atomic E-state index is 12.4. The molecule has 6 nitrogen and oxygen atoms in total. The van der Waals surface area contributed by atoms with E-state index in [2.05, 4.69) is 4.74 Å². The first-order chi connectivity index (χ1) is 6.97. The molecule has 0 aliphatic heterocycles. The van der Waals surface area contributed by atoms with Crippen LogP contribution in [0.1, 0.15) is 12.0 Å². The standard InChI is InChI=1S/C7H6F2N2O4/c1-15-7-3(5(8)9)2-4(11(13)14)6(12)10-7/h2,5H,1H3,(H,10,12). The molecule has 0 aliphatic rings. The van der Waals surface area contributed by atoms with Crippen molar-refractivity contribution < 1.29 is 18.4 Å². The van der Waals surface area contributed by atoms with Gasteiger partial charge in [-0.2, -0.15) is 0 Å². The highest BCUT2D eigenvalue weighted by molar-refractivity contribution is 5.38. The van der Waals surface area contributed by atoms with E-state index in [1.807, 2.05) is 4.98 Å². The van der Waals surface area contributed by atoms with Gasteiger partial charge in [0.2, 0.25) is 5.88 Å². The quantitative estimate of drug-likeness (QED) is 0.613. The topological polar surface area (TPSA) is 85.2 Å². The van der Waals surface area contributed by atoms with Gasteiger partial charge in [0, 0.05) is 6.07 Å². The number of H-pyrrole nitrogens is 1. The van der Waals surface area contributed by atoms with Crippen LogP contribution < -0.4 is 10.3 Å². The molecule has 1 aromatic heterocycles. The van der Waals surface area contributed by atoms with E-state index in [0.717, 1.165) is 7.11 Å². The zero-order chi connectivity index (χ0) is 11.6. The maximum absolute atomic E-state index is 12.4. The molecule has 1 aromatic rings. The Bertz CT molecular complexity index is 443. The van der Waals surface area contributed by atoms with Gasteiger partial charge in [-0.1, -0.05) is 0 Å². The van der Waals surface area contributed by atoms with Crippen molar-refractivity contribution in [2.75, 3.05) is 7.11 Å². The first-order valence-corrected chi connectivity index (χ1v) is 3.71. The van der Waals surface area contributed by atoms with Gasteiger partial charge in [-0.05, 0) is 0 Å². The third-order valence-electron chi connectivity index (χ3n) is 1.65. The molecule has 0 unspecified atom stereocenters. The molecule has 0 saturated carbocycles. The third-order valence-corrected chi connectivity index (χ3v) is 1.65. The molecule has 0 amide bonds. The second-order valence-corrected chi connectivity index (χ2v) is 2.53. The lowest BCUT2D eigenvalue weighted by Gasteiger charge is -2.05. The first kappa shape index (κ1) is 11.1. The van der Waals surface area contributed by atoms with Crippen molar-refractivity contribution >= 4 is 5.69 Å². The van der Waals surface area contributed by atoms with Crippen LogP contribution in [-0.4, -0.2) is 17.0 Å². The van der Waals surface area contributed by atoms with E-state index >= 15 is 0 Å². The molecule has 0 atom stereocenters. The number of aromatic nitrogens is 1. The van der Waals surface area contributed by atoms with Crippen molar-refractivity contribution in [1.82, 2.24) is 4.98 Å². The predicted molar refractivity (Wildman–Crippen MR) is 45.2 cm³/mol. The smallest absolute Gasteiger partial charge is 0.334 e. The van der Waals surface area contributed by atoms with Crippen molar-refractivity contribution in [1.29, 1.82) is 0 Å². The van der Waals surface area contributed by atoms with Gasteiger partial charge in [0.25, 0.3) is 6.43 Å². The lowest BCUT2D eigenvalue weighted by atomic mass is 10.2. The molecule has 0 aliphatic carbocycles. The van der Waals surface area contributed by atoms with Crippen LogP contribution in [-0.2, 0) is 0 Å². The number of nitrogens with zero attached hydrogens (tertiary/aromatic N) is 1. The maximum Gasteiger partial charge on any atom is 0.334 e. The number of ether oxygens (including phenoxy) is 1. The predicted octanol–water partition coefficient (Wildman–Crippen LogP) is 1.23. The van der Waals surface area contributed by atoms with Crippen LogP contribution in [0.15, 0.2) is 10.9 Å². The average Bonchev–Trinajstić information content (AvgIpc) is 2.16. The Morgan fingerprint density at radius 2 is 2.20 bits per heavy atom. The second-order valence-electron chi connectivity index (χ2n) is 2.53. The number of nitro groups is 1. The van der Waals surface area contributed by atoms with Crippen LogP contribution in [0.3, 0.4) is 0 Å². The Hall–Kier alpha value is -1.99. The van der Waals surface area contributed by atoms with E-state index < -0.39 is 34.0 Å². The van der Waals surface area contributed by atoms with E-state index in [0.29, 0.717) is 6.07 Å². The van der Waals surface area contributed by atoms with Gasteiger partial charge in [-0.15, -0.1) is 0 Å². The zero-order valence-electron chi connectivity index (χ0n) is 7.49. The van der Waals surface area contributed by atoms with E-state index in [-0.39, 0.29) is 0 Å². The number of halogens is 2. The van der Waals surface area contributed by atoms with Gasteiger partial charge in [-0.25, -0.2) is 8.78 Å². The average molecular weight is 220 g/mol. The molecule has 15 heavy (non-hydrogen) atoms. The first-order valence-electron chi connectivity index (χ1n) is 3.71. The third kappa shape index (κ3) is 2.09. The van der Waals surface area contributed by atoms with Gasteiger partial charge in [0.05, 0.1) is 17.6 Å². The van der Waals surface area contributed by atoms with Crippen LogP contribution in [0.2, 0.25) is 0 Å². The molecule has 0 saturated heterocycles. The summed E-state index contributed by atoms with van der Waals surface area (Å²) in [7, 11) is 1.07. The number of pyridine rings is 1. The number of aromatic amines is 1. The summed E-state index contributed by atoms with van der Waals surface area (Å²) in [6, 6.07) is 0.502. The highest BCUT2D eigenvalue weighted by Crippen LogP contribution is 2.27. The van der Waals surface area contributed by atoms with Crippen molar-refractivity contribution in [2.45, 2.75) is 6.43 Å². The molecule has 0 spiro atoms. The number of alkyl halides is 2. The Morgan fingerprint density at radius 3 is 2.60 bits per heavy atom. The zero-order valence-corrected chi connectivity index (χ0v) is 7.49. The van der Waals surface area contributed by atoms with Crippen LogP contribution >= 0.6 is 0 Å². The fourth-order valence-electron chi connectivity index (χ4n) is 0.984. The number of nitrogens with one attached hydrogen (secondary N) is 1. The highest BCUT2D eigenvalue weighted by atomic mass is 19.3. The molecule has 8 heteroatoms. The minimum Gasteiger partial charge on any atom is -0.482 e. The van der Waals surface area contributed by atoms with Gasteiger partial charge in [-0.3, -0.25) is 19.9 Å². The van der Waals surface area contributed by atoms with Gasteiger partial charge >= 0.3 is 11.2 Å². The molecule has 1 N–H and O–H groups in total. The summed E-state index contributed by atoms with van der Waals surface area (Å²) in [4.78, 5) is 22.1. The Kier molecular flexibility index (Phi) is 2.98. The number of methoxy groups -OCH3 is 1. The lowest BCUT2D eigenvalue weighted by Crippen LogP contribution is -2.14. The highest BCUT2D eigenvalue weighted by Gasteiger charge is 2.22. The van der Waals surface area contributed by atoms with E-state index in [1.54, 1.807) is 0 Å². The molecular formula is C7H6F2N2O4. The fraction of sp³-hybridized carbons (Fsp3) is 0.286. The molecule has 82 valence electrons. The summed E-state index contributed by atoms with van der Waals surface area (Å²) in [6.07, 6.45) is -2.96. The minimum atomic E-state index is -2.96. The molecule has 1 rings (SSSR count). The summed E-state index contributed by atoms with van der Waals surface area (Å²) in [6.45, 7) is 0. The summed E-state index contributed by atoms with van der Waals surface area (Å²) in [5.74, 6) is -0.472. The van der Waals surface area contributed by atoms with Crippen LogP contribution in [0.4, 0.5) is 14.5 Å². The summed E-state index contributed by atoms with van der Waals surface area (Å²) in [5, 5.41) is 10.3. The van der Waals surface area contributed by atoms with E-state index in [4.69, 9.17) is 0 Å². The summed E-state index contributed by atoms with van der Waals surface area (Å²) < 4.78 is 29.2. The van der Waals surface area contributed by atoms with Crippen molar-refractivity contribution in [2.24, 2.45) is 0 Å². The van der Waals surface area contributed by atoms with Crippen molar-refractivity contribution in [3.05, 3.63) is 32.1 Å². The van der Waals surface area contributed by atoms with Gasteiger partial charge in [0.1, 0.15) is 0 Å². The largest absolute Gasteiger partial charge is 0.482 e. The number of rotatable bonds is 3. The molecule has 0 radical (unpaired) electrons. The molecule has 0 aromatic carbocycles. The molecule has 0 fully saturated rings. The van der Waals surface area contributed by atoms with Crippen molar-refractivity contribution in [3.8, 4) is 5.88 Å². The van der Waals surface area contributed by atoms with E-state index in [9.17, 15) is 23.7 Å². The van der Waals surface area contributed by atoms with Crippen molar-refractivity contribution in [3.63, 3.8) is 0 Å². The minimum absolute atomic E-state index is 0.472. The van der Waals surface area contributed by atoms with E-state index in [1.165, 1.54) is 0 Å².